The minimum absolute atomic E-state index is 0.136. The van der Waals surface area contributed by atoms with Gasteiger partial charge < -0.3 is 5.11 Å². The number of Topliss-reactive ketones (excluding diaryl/α,β-unsaturated/α-hetero) is 1. The van der Waals surface area contributed by atoms with Gasteiger partial charge in [-0.3, -0.25) is 4.79 Å². The SMILES string of the molecule is CC.CCCC[C@H]1CC(=O)C(C)C2c3ccc(O)cc3CCC21. The maximum atomic E-state index is 12.4. The van der Waals surface area contributed by atoms with Crippen molar-refractivity contribution in [2.24, 2.45) is 17.8 Å². The number of aryl methyl sites for hydroxylation is 1. The number of aromatic hydroxyl groups is 1. The van der Waals surface area contributed by atoms with Crippen LogP contribution in [0.25, 0.3) is 0 Å². The number of phenols is 1. The molecule has 0 aliphatic heterocycles. The van der Waals surface area contributed by atoms with Crippen molar-refractivity contribution in [1.82, 2.24) is 0 Å². The van der Waals surface area contributed by atoms with E-state index in [1.54, 1.807) is 6.07 Å². The molecule has 0 heterocycles. The van der Waals surface area contributed by atoms with Gasteiger partial charge in [0.05, 0.1) is 0 Å². The zero-order valence-corrected chi connectivity index (χ0v) is 15.1. The van der Waals surface area contributed by atoms with Gasteiger partial charge in [0.15, 0.2) is 0 Å². The number of hydrogen-bond acceptors (Lipinski definition) is 2. The molecule has 23 heavy (non-hydrogen) atoms. The van der Waals surface area contributed by atoms with Crippen LogP contribution in [0.3, 0.4) is 0 Å². The summed E-state index contributed by atoms with van der Waals surface area (Å²) in [6.45, 7) is 8.34. The maximum Gasteiger partial charge on any atom is 0.136 e. The van der Waals surface area contributed by atoms with E-state index in [9.17, 15) is 9.90 Å². The molecule has 3 unspecified atom stereocenters. The summed E-state index contributed by atoms with van der Waals surface area (Å²) in [5.41, 5.74) is 2.58. The predicted molar refractivity (Wildman–Crippen MR) is 95.8 cm³/mol. The third-order valence-electron chi connectivity index (χ3n) is 5.74. The van der Waals surface area contributed by atoms with E-state index in [2.05, 4.69) is 19.9 Å². The van der Waals surface area contributed by atoms with Crippen LogP contribution in [0.4, 0.5) is 0 Å². The van der Waals surface area contributed by atoms with Crippen LogP contribution in [-0.2, 0) is 11.2 Å². The van der Waals surface area contributed by atoms with Crippen LogP contribution in [0.5, 0.6) is 5.75 Å². The molecule has 2 heteroatoms. The number of phenolic OH excluding ortho intramolecular Hbond substituents is 1. The lowest BCUT2D eigenvalue weighted by atomic mass is 9.58. The average Bonchev–Trinajstić information content (AvgIpc) is 2.57. The fraction of sp³-hybridized carbons (Fsp3) is 0.667. The Morgan fingerprint density at radius 3 is 2.70 bits per heavy atom. The van der Waals surface area contributed by atoms with Crippen molar-refractivity contribution in [2.45, 2.75) is 72.1 Å². The van der Waals surface area contributed by atoms with Gasteiger partial charge in [0, 0.05) is 12.3 Å². The van der Waals surface area contributed by atoms with E-state index < -0.39 is 0 Å². The zero-order chi connectivity index (χ0) is 17.0. The lowest BCUT2D eigenvalue weighted by Crippen LogP contribution is -2.40. The smallest absolute Gasteiger partial charge is 0.136 e. The highest BCUT2D eigenvalue weighted by Crippen LogP contribution is 2.50. The Morgan fingerprint density at radius 2 is 2.00 bits per heavy atom. The van der Waals surface area contributed by atoms with Crippen LogP contribution in [0.1, 0.15) is 76.8 Å². The van der Waals surface area contributed by atoms with Gasteiger partial charge in [-0.15, -0.1) is 0 Å². The van der Waals surface area contributed by atoms with Crippen LogP contribution >= 0.6 is 0 Å². The Bertz CT molecular complexity index is 535. The molecule has 3 rings (SSSR count). The van der Waals surface area contributed by atoms with Crippen LogP contribution in [0.15, 0.2) is 18.2 Å². The number of ketones is 1. The Hall–Kier alpha value is -1.31. The minimum atomic E-state index is 0.136. The summed E-state index contributed by atoms with van der Waals surface area (Å²) in [6, 6.07) is 5.75. The van der Waals surface area contributed by atoms with Crippen LogP contribution in [0, 0.1) is 17.8 Å². The second kappa shape index (κ2) is 7.99. The van der Waals surface area contributed by atoms with E-state index in [4.69, 9.17) is 0 Å². The molecule has 1 N–H and O–H groups in total. The van der Waals surface area contributed by atoms with Crippen LogP contribution < -0.4 is 0 Å². The first kappa shape index (κ1) is 18.0. The Labute approximate surface area is 141 Å². The molecule has 1 aromatic carbocycles. The third kappa shape index (κ3) is 3.62. The summed E-state index contributed by atoms with van der Waals surface area (Å²) in [5, 5.41) is 9.70. The van der Waals surface area contributed by atoms with E-state index >= 15 is 0 Å². The highest BCUT2D eigenvalue weighted by Gasteiger charge is 2.44. The molecule has 2 nitrogen and oxygen atoms in total. The lowest BCUT2D eigenvalue weighted by Gasteiger charge is -2.45. The molecular weight excluding hydrogens is 284 g/mol. The molecule has 0 amide bonds. The second-order valence-corrected chi connectivity index (χ2v) is 6.97. The number of hydrogen-bond donors (Lipinski definition) is 1. The Balaban J connectivity index is 0.000000924. The normalized spacial score (nSPS) is 29.1. The van der Waals surface area contributed by atoms with Crippen molar-refractivity contribution in [3.05, 3.63) is 29.3 Å². The topological polar surface area (TPSA) is 37.3 Å². The quantitative estimate of drug-likeness (QED) is 0.801. The minimum Gasteiger partial charge on any atom is -0.508 e. The van der Waals surface area contributed by atoms with E-state index in [0.717, 1.165) is 12.8 Å². The number of unbranched alkanes of at least 4 members (excludes halogenated alkanes) is 1. The number of carbonyl (C=O) groups is 1. The summed E-state index contributed by atoms with van der Waals surface area (Å²) < 4.78 is 0. The molecule has 0 bridgehead atoms. The van der Waals surface area contributed by atoms with Gasteiger partial charge >= 0.3 is 0 Å². The first-order valence-electron chi connectivity index (χ1n) is 9.46. The first-order chi connectivity index (χ1) is 11.1. The van der Waals surface area contributed by atoms with Crippen LogP contribution in [-0.4, -0.2) is 10.9 Å². The fourth-order valence-electron chi connectivity index (χ4n) is 4.61. The molecule has 1 saturated carbocycles. The molecule has 2 aliphatic carbocycles. The van der Waals surface area contributed by atoms with Gasteiger partial charge in [-0.25, -0.2) is 0 Å². The van der Waals surface area contributed by atoms with E-state index in [1.807, 2.05) is 19.9 Å². The van der Waals surface area contributed by atoms with E-state index in [0.29, 0.717) is 29.3 Å². The van der Waals surface area contributed by atoms with Crippen LogP contribution in [0.2, 0.25) is 0 Å². The fourth-order valence-corrected chi connectivity index (χ4v) is 4.61. The van der Waals surface area contributed by atoms with E-state index in [1.165, 1.54) is 36.8 Å². The zero-order valence-electron chi connectivity index (χ0n) is 15.1. The second-order valence-electron chi connectivity index (χ2n) is 6.97. The van der Waals surface area contributed by atoms with Crippen molar-refractivity contribution in [1.29, 1.82) is 0 Å². The summed E-state index contributed by atoms with van der Waals surface area (Å²) in [5.74, 6) is 2.53. The molecule has 0 saturated heterocycles. The van der Waals surface area contributed by atoms with Gasteiger partial charge in [-0.05, 0) is 60.3 Å². The number of fused-ring (bicyclic) bond motifs is 3. The molecule has 0 spiro atoms. The number of carbonyl (C=O) groups excluding carboxylic acids is 1. The van der Waals surface area contributed by atoms with Crippen molar-refractivity contribution < 1.29 is 9.90 Å². The predicted octanol–water partition coefficient (Wildman–Crippen LogP) is 5.48. The van der Waals surface area contributed by atoms with Gasteiger partial charge in [0.1, 0.15) is 11.5 Å². The summed E-state index contributed by atoms with van der Waals surface area (Å²) in [7, 11) is 0. The average molecular weight is 316 g/mol. The first-order valence-corrected chi connectivity index (χ1v) is 9.46. The lowest BCUT2D eigenvalue weighted by molar-refractivity contribution is -0.128. The van der Waals surface area contributed by atoms with Crippen molar-refractivity contribution in [2.75, 3.05) is 0 Å². The number of benzene rings is 1. The van der Waals surface area contributed by atoms with Gasteiger partial charge in [0.2, 0.25) is 0 Å². The Kier molecular flexibility index (Phi) is 6.26. The molecular formula is C21H32O2. The highest BCUT2D eigenvalue weighted by atomic mass is 16.3. The maximum absolute atomic E-state index is 12.4. The summed E-state index contributed by atoms with van der Waals surface area (Å²) in [4.78, 5) is 12.4. The summed E-state index contributed by atoms with van der Waals surface area (Å²) in [6.07, 6.45) is 6.65. The van der Waals surface area contributed by atoms with Crippen molar-refractivity contribution in [3.63, 3.8) is 0 Å². The Morgan fingerprint density at radius 1 is 1.26 bits per heavy atom. The molecule has 4 atom stereocenters. The third-order valence-corrected chi connectivity index (χ3v) is 5.74. The molecule has 1 fully saturated rings. The van der Waals surface area contributed by atoms with Gasteiger partial charge in [0.25, 0.3) is 0 Å². The van der Waals surface area contributed by atoms with E-state index in [-0.39, 0.29) is 5.92 Å². The number of rotatable bonds is 3. The molecule has 128 valence electrons. The standard InChI is InChI=1S/C19H26O2.C2H6/c1-3-4-5-13-11-18(21)12(2)19-16(13)8-6-14-10-15(20)7-9-17(14)19;1-2/h7,9-10,12-13,16,19-20H,3-6,8,11H2,1-2H3;1-2H3/t12?,13-,16?,19?;/m0./s1. The summed E-state index contributed by atoms with van der Waals surface area (Å²) >= 11 is 0. The molecule has 1 aromatic rings. The van der Waals surface area contributed by atoms with Crippen molar-refractivity contribution in [3.8, 4) is 5.75 Å². The van der Waals surface area contributed by atoms with Gasteiger partial charge in [-0.2, -0.15) is 0 Å². The monoisotopic (exact) mass is 316 g/mol. The molecule has 0 aromatic heterocycles. The molecule has 0 radical (unpaired) electrons. The largest absolute Gasteiger partial charge is 0.508 e. The van der Waals surface area contributed by atoms with Crippen molar-refractivity contribution >= 4 is 5.78 Å². The molecule has 2 aliphatic rings. The van der Waals surface area contributed by atoms with Gasteiger partial charge in [-0.1, -0.05) is 46.6 Å². The highest BCUT2D eigenvalue weighted by molar-refractivity contribution is 5.83.